The fraction of sp³-hybridized carbons (Fsp3) is 0.214. The van der Waals surface area contributed by atoms with Crippen LogP contribution in [0.1, 0.15) is 34.2 Å². The number of aromatic amines is 1. The Kier molecular flexibility index (Phi) is 7.11. The Morgan fingerprint density at radius 2 is 1.90 bits per heavy atom. The number of amides is 1. The van der Waals surface area contributed by atoms with Crippen LogP contribution >= 0.6 is 0 Å². The van der Waals surface area contributed by atoms with Gasteiger partial charge in [0.05, 0.1) is 17.6 Å². The Bertz CT molecular complexity index is 1760. The largest absolute Gasteiger partial charge is 0.435 e. The van der Waals surface area contributed by atoms with E-state index in [4.69, 9.17) is 4.74 Å². The van der Waals surface area contributed by atoms with Crippen LogP contribution in [-0.4, -0.2) is 48.9 Å². The highest BCUT2D eigenvalue weighted by Gasteiger charge is 2.32. The lowest BCUT2D eigenvalue weighted by molar-refractivity contribution is -0.137. The van der Waals surface area contributed by atoms with Crippen LogP contribution in [0.25, 0.3) is 16.6 Å². The van der Waals surface area contributed by atoms with E-state index >= 15 is 4.39 Å². The van der Waals surface area contributed by atoms with Crippen molar-refractivity contribution in [3.8, 4) is 17.3 Å². The molecule has 0 aliphatic heterocycles. The highest BCUT2D eigenvalue weighted by molar-refractivity contribution is 6.01. The van der Waals surface area contributed by atoms with Crippen molar-refractivity contribution in [1.82, 2.24) is 29.4 Å². The molecule has 2 aromatic carbocycles. The van der Waals surface area contributed by atoms with Gasteiger partial charge in [-0.05, 0) is 57.2 Å². The maximum absolute atomic E-state index is 15.3. The molecule has 0 aliphatic rings. The van der Waals surface area contributed by atoms with Crippen LogP contribution in [0.3, 0.4) is 0 Å². The van der Waals surface area contributed by atoms with Crippen LogP contribution in [0.5, 0.6) is 11.6 Å². The first-order chi connectivity index (χ1) is 19.4. The number of hydrogen-bond donors (Lipinski definition) is 2. The van der Waals surface area contributed by atoms with Crippen molar-refractivity contribution in [1.29, 1.82) is 0 Å². The molecule has 0 spiro atoms. The number of imidazole rings is 1. The maximum atomic E-state index is 15.3. The number of H-pyrrole nitrogens is 1. The summed E-state index contributed by atoms with van der Waals surface area (Å²) >= 11 is 0. The highest BCUT2D eigenvalue weighted by Crippen LogP contribution is 2.36. The number of carbonyl (C=O) groups is 1. The third kappa shape index (κ3) is 5.55. The number of nitrogens with one attached hydrogen (secondary N) is 2. The second kappa shape index (κ2) is 10.6. The van der Waals surface area contributed by atoms with E-state index in [1.54, 1.807) is 39.1 Å². The molecule has 0 fully saturated rings. The predicted octanol–water partition coefficient (Wildman–Crippen LogP) is 6.55. The summed E-state index contributed by atoms with van der Waals surface area (Å²) in [4.78, 5) is 30.1. The molecule has 1 amide bonds. The third-order valence-corrected chi connectivity index (χ3v) is 6.41. The molecule has 0 saturated heterocycles. The van der Waals surface area contributed by atoms with Gasteiger partial charge < -0.3 is 24.5 Å². The molecule has 9 nitrogen and oxygen atoms in total. The first-order valence-corrected chi connectivity index (χ1v) is 12.5. The van der Waals surface area contributed by atoms with E-state index in [1.165, 1.54) is 35.0 Å². The summed E-state index contributed by atoms with van der Waals surface area (Å²) in [6, 6.07) is 7.98. The number of rotatable bonds is 7. The van der Waals surface area contributed by atoms with Crippen molar-refractivity contribution in [2.45, 2.75) is 26.9 Å². The smallest absolute Gasteiger partial charge is 0.416 e. The number of fused-ring (bicyclic) bond motifs is 1. The Balaban J connectivity index is 1.61. The molecule has 0 aliphatic carbocycles. The standard InChI is InChI=1S/C28H25F4N7O2/c1-5-38(4)27(40)23-25(33-13-34-26(23)41-22-7-6-21-20(24(22)29)8-15(2)36-21)37-18-9-17(28(30,31)32)10-19(11-18)39-12-16(3)35-14-39/h6-14,36H,5H2,1-4H3,(H,33,34,37). The lowest BCUT2D eigenvalue weighted by atomic mass is 10.1. The summed E-state index contributed by atoms with van der Waals surface area (Å²) in [5.41, 5.74) is 0.997. The van der Waals surface area contributed by atoms with Crippen molar-refractivity contribution in [2.24, 2.45) is 0 Å². The maximum Gasteiger partial charge on any atom is 0.416 e. The Morgan fingerprint density at radius 3 is 2.59 bits per heavy atom. The summed E-state index contributed by atoms with van der Waals surface area (Å²) in [5, 5.41) is 3.11. The minimum absolute atomic E-state index is 0.00516. The summed E-state index contributed by atoms with van der Waals surface area (Å²) in [7, 11) is 1.53. The molecule has 0 radical (unpaired) electrons. The Labute approximate surface area is 231 Å². The molecule has 3 aromatic heterocycles. The minimum atomic E-state index is -4.66. The lowest BCUT2D eigenvalue weighted by Crippen LogP contribution is -2.28. The normalized spacial score (nSPS) is 11.6. The van der Waals surface area contributed by atoms with E-state index in [9.17, 15) is 18.0 Å². The molecule has 2 N–H and O–H groups in total. The van der Waals surface area contributed by atoms with Crippen molar-refractivity contribution >= 4 is 28.3 Å². The van der Waals surface area contributed by atoms with E-state index in [0.717, 1.165) is 24.2 Å². The molecular weight excluding hydrogens is 542 g/mol. The third-order valence-electron chi connectivity index (χ3n) is 6.41. The number of aryl methyl sites for hydroxylation is 2. The first kappa shape index (κ1) is 27.6. The summed E-state index contributed by atoms with van der Waals surface area (Å²) in [6.45, 7) is 5.53. The van der Waals surface area contributed by atoms with E-state index in [-0.39, 0.29) is 39.8 Å². The second-order valence-electron chi connectivity index (χ2n) is 9.43. The van der Waals surface area contributed by atoms with Gasteiger partial charge in [-0.1, -0.05) is 0 Å². The number of ether oxygens (including phenoxy) is 1. The molecular formula is C28H25F4N7O2. The Hall–Kier alpha value is -4.94. The molecule has 0 bridgehead atoms. The molecule has 13 heteroatoms. The van der Waals surface area contributed by atoms with Crippen molar-refractivity contribution in [3.05, 3.63) is 83.6 Å². The highest BCUT2D eigenvalue weighted by atomic mass is 19.4. The molecule has 0 atom stereocenters. The quantitative estimate of drug-likeness (QED) is 0.217. The van der Waals surface area contributed by atoms with Gasteiger partial charge >= 0.3 is 6.18 Å². The van der Waals surface area contributed by atoms with Crippen LogP contribution in [0.15, 0.2) is 55.2 Å². The van der Waals surface area contributed by atoms with Crippen molar-refractivity contribution in [2.75, 3.05) is 18.9 Å². The molecule has 41 heavy (non-hydrogen) atoms. The zero-order valence-electron chi connectivity index (χ0n) is 22.5. The molecule has 3 heterocycles. The zero-order valence-corrected chi connectivity index (χ0v) is 22.5. The molecule has 212 valence electrons. The number of hydrogen-bond acceptors (Lipinski definition) is 6. The Morgan fingerprint density at radius 1 is 1.12 bits per heavy atom. The van der Waals surface area contributed by atoms with Gasteiger partial charge in [-0.3, -0.25) is 4.79 Å². The average Bonchev–Trinajstić information content (AvgIpc) is 3.54. The van der Waals surface area contributed by atoms with E-state index in [1.807, 2.05) is 0 Å². The van der Waals surface area contributed by atoms with E-state index in [0.29, 0.717) is 17.8 Å². The predicted molar refractivity (Wildman–Crippen MR) is 144 cm³/mol. The van der Waals surface area contributed by atoms with Crippen molar-refractivity contribution in [3.63, 3.8) is 0 Å². The summed E-state index contributed by atoms with van der Waals surface area (Å²) in [5.74, 6) is -1.82. The van der Waals surface area contributed by atoms with Crippen LogP contribution in [-0.2, 0) is 6.18 Å². The monoisotopic (exact) mass is 567 g/mol. The average molecular weight is 568 g/mol. The lowest BCUT2D eigenvalue weighted by Gasteiger charge is -2.20. The number of anilines is 2. The zero-order chi connectivity index (χ0) is 29.5. The van der Waals surface area contributed by atoms with Crippen LogP contribution < -0.4 is 10.1 Å². The first-order valence-electron chi connectivity index (χ1n) is 12.5. The second-order valence-corrected chi connectivity index (χ2v) is 9.43. The van der Waals surface area contributed by atoms with Crippen LogP contribution in [0.4, 0.5) is 29.1 Å². The fourth-order valence-electron chi connectivity index (χ4n) is 4.24. The number of nitrogens with zero attached hydrogens (tertiary/aromatic N) is 5. The van der Waals surface area contributed by atoms with E-state index in [2.05, 4.69) is 25.3 Å². The number of benzene rings is 2. The van der Waals surface area contributed by atoms with Gasteiger partial charge in [0, 0.05) is 47.8 Å². The molecule has 0 saturated carbocycles. The number of carbonyl (C=O) groups excluding carboxylic acids is 1. The van der Waals surface area contributed by atoms with Gasteiger partial charge in [0.15, 0.2) is 17.4 Å². The number of halogens is 4. The molecule has 5 aromatic rings. The molecule has 0 unspecified atom stereocenters. The molecule has 5 rings (SSSR count). The van der Waals surface area contributed by atoms with E-state index < -0.39 is 23.5 Å². The van der Waals surface area contributed by atoms with Gasteiger partial charge in [0.1, 0.15) is 11.9 Å². The van der Waals surface area contributed by atoms with Gasteiger partial charge in [-0.15, -0.1) is 0 Å². The van der Waals surface area contributed by atoms with Gasteiger partial charge in [0.2, 0.25) is 5.88 Å². The number of alkyl halides is 3. The fourth-order valence-corrected chi connectivity index (χ4v) is 4.24. The SMILES string of the molecule is CCN(C)C(=O)c1c(Nc2cc(-n3cnc(C)c3)cc(C(F)(F)F)c2)ncnc1Oc1ccc2[nH]c(C)cc2c1F. The van der Waals surface area contributed by atoms with Crippen molar-refractivity contribution < 1.29 is 27.1 Å². The summed E-state index contributed by atoms with van der Waals surface area (Å²) in [6.07, 6.45) is -0.604. The van der Waals surface area contributed by atoms with Gasteiger partial charge in [-0.25, -0.2) is 19.3 Å². The topological polar surface area (TPSA) is 101 Å². The van der Waals surface area contributed by atoms with Crippen LogP contribution in [0, 0.1) is 19.7 Å². The van der Waals surface area contributed by atoms with Crippen LogP contribution in [0.2, 0.25) is 0 Å². The minimum Gasteiger partial charge on any atom is -0.435 e. The van der Waals surface area contributed by atoms with Gasteiger partial charge in [0.25, 0.3) is 5.91 Å². The van der Waals surface area contributed by atoms with Gasteiger partial charge in [-0.2, -0.15) is 13.2 Å². The summed E-state index contributed by atoms with van der Waals surface area (Å²) < 4.78 is 64.1. The number of aromatic nitrogens is 5.